The van der Waals surface area contributed by atoms with Crippen molar-refractivity contribution in [3.05, 3.63) is 95.3 Å². The van der Waals surface area contributed by atoms with Crippen LogP contribution >= 0.6 is 0 Å². The van der Waals surface area contributed by atoms with Gasteiger partial charge in [0.2, 0.25) is 0 Å². The highest BCUT2D eigenvalue weighted by Gasteiger charge is 2.16. The molecule has 0 amide bonds. The van der Waals surface area contributed by atoms with Crippen LogP contribution in [0.1, 0.15) is 22.5 Å². The molecule has 0 aliphatic carbocycles. The first-order valence-electron chi connectivity index (χ1n) is 9.97. The van der Waals surface area contributed by atoms with E-state index in [1.165, 1.54) is 5.56 Å². The van der Waals surface area contributed by atoms with Crippen LogP contribution in [0.3, 0.4) is 0 Å². The number of nitrogens with zero attached hydrogens (tertiary/aromatic N) is 2. The quantitative estimate of drug-likeness (QED) is 0.501. The maximum absolute atomic E-state index is 10.7. The SMILES string of the molecule is Cc1cccc(C)c1OC[C@H](O)Cn1c(Cc2ccccc2)nc2ccccc21. The Labute approximate surface area is 171 Å². The number of imidazole rings is 1. The van der Waals surface area contributed by atoms with Crippen LogP contribution in [0.15, 0.2) is 72.8 Å². The number of aliphatic hydroxyl groups is 1. The Balaban J connectivity index is 1.55. The second kappa shape index (κ2) is 8.50. The smallest absolute Gasteiger partial charge is 0.125 e. The van der Waals surface area contributed by atoms with E-state index < -0.39 is 6.10 Å². The normalized spacial score (nSPS) is 12.2. The van der Waals surface area contributed by atoms with Gasteiger partial charge in [-0.25, -0.2) is 4.98 Å². The molecule has 4 rings (SSSR count). The molecule has 0 unspecified atom stereocenters. The van der Waals surface area contributed by atoms with Crippen molar-refractivity contribution in [3.8, 4) is 5.75 Å². The van der Waals surface area contributed by atoms with Gasteiger partial charge in [-0.05, 0) is 42.7 Å². The Morgan fingerprint density at radius 1 is 0.897 bits per heavy atom. The summed E-state index contributed by atoms with van der Waals surface area (Å²) in [6.45, 7) is 4.72. The molecule has 1 heterocycles. The average molecular weight is 386 g/mol. The number of fused-ring (bicyclic) bond motifs is 1. The molecular weight excluding hydrogens is 360 g/mol. The van der Waals surface area contributed by atoms with Gasteiger partial charge in [-0.1, -0.05) is 60.7 Å². The highest BCUT2D eigenvalue weighted by Crippen LogP contribution is 2.23. The van der Waals surface area contributed by atoms with Gasteiger partial charge in [-0.3, -0.25) is 0 Å². The van der Waals surface area contributed by atoms with E-state index in [9.17, 15) is 5.11 Å². The lowest BCUT2D eigenvalue weighted by Gasteiger charge is -2.17. The monoisotopic (exact) mass is 386 g/mol. The fourth-order valence-electron chi connectivity index (χ4n) is 3.71. The third-order valence-corrected chi connectivity index (χ3v) is 5.16. The van der Waals surface area contributed by atoms with E-state index in [0.29, 0.717) is 6.54 Å². The van der Waals surface area contributed by atoms with Crippen LogP contribution in [0.4, 0.5) is 0 Å². The molecule has 1 N–H and O–H groups in total. The number of benzene rings is 3. The Hall–Kier alpha value is -3.11. The molecule has 3 aromatic carbocycles. The largest absolute Gasteiger partial charge is 0.490 e. The summed E-state index contributed by atoms with van der Waals surface area (Å²) >= 11 is 0. The maximum atomic E-state index is 10.7. The molecular formula is C25H26N2O2. The van der Waals surface area contributed by atoms with Crippen LogP contribution in [-0.4, -0.2) is 27.4 Å². The van der Waals surface area contributed by atoms with Crippen LogP contribution in [0.5, 0.6) is 5.75 Å². The molecule has 1 atom stereocenters. The molecule has 0 saturated heterocycles. The van der Waals surface area contributed by atoms with E-state index in [2.05, 4.69) is 22.8 Å². The second-order valence-electron chi connectivity index (χ2n) is 7.48. The minimum absolute atomic E-state index is 0.239. The number of aromatic nitrogens is 2. The minimum atomic E-state index is -0.638. The van der Waals surface area contributed by atoms with E-state index >= 15 is 0 Å². The first-order chi connectivity index (χ1) is 14.1. The van der Waals surface area contributed by atoms with Gasteiger partial charge in [-0.15, -0.1) is 0 Å². The standard InChI is InChI=1S/C25H26N2O2/c1-18-9-8-10-19(2)25(18)29-17-21(28)16-27-23-14-7-6-13-22(23)26-24(27)15-20-11-4-3-5-12-20/h3-14,21,28H,15-17H2,1-2H3/t21-/m1/s1. The number of aliphatic hydroxyl groups excluding tert-OH is 1. The summed E-state index contributed by atoms with van der Waals surface area (Å²) in [5.74, 6) is 1.80. The summed E-state index contributed by atoms with van der Waals surface area (Å²) < 4.78 is 8.08. The number of aryl methyl sites for hydroxylation is 2. The summed E-state index contributed by atoms with van der Waals surface area (Å²) in [5, 5.41) is 10.7. The molecule has 4 nitrogen and oxygen atoms in total. The van der Waals surface area contributed by atoms with Crippen molar-refractivity contribution in [1.29, 1.82) is 0 Å². The fraction of sp³-hybridized carbons (Fsp3) is 0.240. The van der Waals surface area contributed by atoms with Crippen molar-refractivity contribution in [2.45, 2.75) is 32.9 Å². The van der Waals surface area contributed by atoms with Gasteiger partial charge >= 0.3 is 0 Å². The molecule has 0 radical (unpaired) electrons. The zero-order chi connectivity index (χ0) is 20.2. The molecule has 0 saturated carbocycles. The molecule has 29 heavy (non-hydrogen) atoms. The van der Waals surface area contributed by atoms with Gasteiger partial charge in [0.1, 0.15) is 24.3 Å². The third kappa shape index (κ3) is 4.33. The zero-order valence-corrected chi connectivity index (χ0v) is 16.9. The van der Waals surface area contributed by atoms with Crippen LogP contribution < -0.4 is 4.74 Å². The molecule has 0 spiro atoms. The van der Waals surface area contributed by atoms with Gasteiger partial charge in [0.05, 0.1) is 17.6 Å². The van der Waals surface area contributed by atoms with Crippen LogP contribution in [0, 0.1) is 13.8 Å². The molecule has 0 fully saturated rings. The molecule has 4 aromatic rings. The lowest BCUT2D eigenvalue weighted by atomic mass is 10.1. The first kappa shape index (κ1) is 19.2. The predicted octanol–water partition coefficient (Wildman–Crippen LogP) is 4.68. The number of para-hydroxylation sites is 3. The maximum Gasteiger partial charge on any atom is 0.125 e. The van der Waals surface area contributed by atoms with Crippen LogP contribution in [0.25, 0.3) is 11.0 Å². The molecule has 0 aliphatic rings. The van der Waals surface area contributed by atoms with Gasteiger partial charge in [0, 0.05) is 6.42 Å². The van der Waals surface area contributed by atoms with Gasteiger partial charge in [0.25, 0.3) is 0 Å². The minimum Gasteiger partial charge on any atom is -0.490 e. The third-order valence-electron chi connectivity index (χ3n) is 5.16. The van der Waals surface area contributed by atoms with Crippen molar-refractivity contribution >= 4 is 11.0 Å². The number of hydrogen-bond acceptors (Lipinski definition) is 3. The summed E-state index contributed by atoms with van der Waals surface area (Å²) in [4.78, 5) is 4.82. The van der Waals surface area contributed by atoms with Crippen molar-refractivity contribution in [1.82, 2.24) is 9.55 Å². The van der Waals surface area contributed by atoms with Gasteiger partial charge < -0.3 is 14.4 Å². The number of hydrogen-bond donors (Lipinski definition) is 1. The summed E-state index contributed by atoms with van der Waals surface area (Å²) in [7, 11) is 0. The van der Waals surface area contributed by atoms with E-state index in [0.717, 1.165) is 40.2 Å². The lowest BCUT2D eigenvalue weighted by molar-refractivity contribution is 0.0921. The van der Waals surface area contributed by atoms with Crippen LogP contribution in [0.2, 0.25) is 0 Å². The molecule has 1 aromatic heterocycles. The van der Waals surface area contributed by atoms with Crippen molar-refractivity contribution < 1.29 is 9.84 Å². The average Bonchev–Trinajstić information content (AvgIpc) is 3.05. The molecule has 4 heteroatoms. The van der Waals surface area contributed by atoms with Crippen LogP contribution in [-0.2, 0) is 13.0 Å². The summed E-state index contributed by atoms with van der Waals surface area (Å²) in [5.41, 5.74) is 5.33. The van der Waals surface area contributed by atoms with E-state index in [1.807, 2.05) is 68.4 Å². The van der Waals surface area contributed by atoms with Gasteiger partial charge in [-0.2, -0.15) is 0 Å². The van der Waals surface area contributed by atoms with Crippen molar-refractivity contribution in [2.75, 3.05) is 6.61 Å². The van der Waals surface area contributed by atoms with Crippen molar-refractivity contribution in [2.24, 2.45) is 0 Å². The van der Waals surface area contributed by atoms with Crippen molar-refractivity contribution in [3.63, 3.8) is 0 Å². The van der Waals surface area contributed by atoms with E-state index in [1.54, 1.807) is 0 Å². The Kier molecular flexibility index (Phi) is 5.63. The Morgan fingerprint density at radius 3 is 2.34 bits per heavy atom. The first-order valence-corrected chi connectivity index (χ1v) is 9.97. The lowest BCUT2D eigenvalue weighted by Crippen LogP contribution is -2.25. The molecule has 0 bridgehead atoms. The van der Waals surface area contributed by atoms with E-state index in [4.69, 9.17) is 9.72 Å². The fourth-order valence-corrected chi connectivity index (χ4v) is 3.71. The Morgan fingerprint density at radius 2 is 1.59 bits per heavy atom. The highest BCUT2D eigenvalue weighted by atomic mass is 16.5. The molecule has 0 aliphatic heterocycles. The molecule has 148 valence electrons. The van der Waals surface area contributed by atoms with Gasteiger partial charge in [0.15, 0.2) is 0 Å². The Bertz CT molecular complexity index is 1080. The second-order valence-corrected chi connectivity index (χ2v) is 7.48. The predicted molar refractivity (Wildman–Crippen MR) is 116 cm³/mol. The number of rotatable bonds is 7. The highest BCUT2D eigenvalue weighted by molar-refractivity contribution is 5.76. The summed E-state index contributed by atoms with van der Waals surface area (Å²) in [6, 6.07) is 24.4. The topological polar surface area (TPSA) is 47.3 Å². The van der Waals surface area contributed by atoms with E-state index in [-0.39, 0.29) is 6.61 Å². The summed E-state index contributed by atoms with van der Waals surface area (Å²) in [6.07, 6.45) is 0.0844. The number of ether oxygens (including phenoxy) is 1. The zero-order valence-electron chi connectivity index (χ0n) is 16.9.